The molecule has 1 heterocycles. The Kier molecular flexibility index (Phi) is 5.38. The lowest BCUT2D eigenvalue weighted by atomic mass is 10.0. The van der Waals surface area contributed by atoms with Crippen molar-refractivity contribution in [3.05, 3.63) is 71.8 Å². The zero-order chi connectivity index (χ0) is 16.2. The Labute approximate surface area is 147 Å². The van der Waals surface area contributed by atoms with E-state index in [-0.39, 0.29) is 9.41 Å². The maximum absolute atomic E-state index is 14.5. The number of ether oxygens (including phenoxy) is 1. The van der Waals surface area contributed by atoms with Gasteiger partial charge in [-0.1, -0.05) is 64.5 Å². The molecule has 120 valence electrons. The van der Waals surface area contributed by atoms with Crippen molar-refractivity contribution >= 4 is 33.7 Å². The summed E-state index contributed by atoms with van der Waals surface area (Å²) in [6.07, 6.45) is -1.31. The summed E-state index contributed by atoms with van der Waals surface area (Å²) in [4.78, 5) is 12.2. The lowest BCUT2D eigenvalue weighted by Crippen LogP contribution is -2.34. The minimum Gasteiger partial charge on any atom is -0.454 e. The van der Waals surface area contributed by atoms with Gasteiger partial charge in [0.25, 0.3) is 0 Å². The molecule has 1 aliphatic rings. The lowest BCUT2D eigenvalue weighted by molar-refractivity contribution is 0.0121. The maximum atomic E-state index is 14.5. The highest BCUT2D eigenvalue weighted by molar-refractivity contribution is 9.11. The van der Waals surface area contributed by atoms with Gasteiger partial charge in [0, 0.05) is 0 Å². The minimum atomic E-state index is -1.22. The first-order chi connectivity index (χ1) is 11.1. The van der Waals surface area contributed by atoms with Crippen molar-refractivity contribution in [1.29, 1.82) is 0 Å². The number of carbonyl (C=O) groups excluding carboxylic acids is 1. The van der Waals surface area contributed by atoms with Crippen molar-refractivity contribution in [3.8, 4) is 0 Å². The first kappa shape index (κ1) is 16.5. The lowest BCUT2D eigenvalue weighted by Gasteiger charge is -2.20. The number of benzene rings is 2. The van der Waals surface area contributed by atoms with E-state index < -0.39 is 18.2 Å². The van der Waals surface area contributed by atoms with Gasteiger partial charge in [-0.05, 0) is 24.1 Å². The second kappa shape index (κ2) is 7.49. The molecule has 0 radical (unpaired) electrons. The molecule has 0 aromatic heterocycles. The summed E-state index contributed by atoms with van der Waals surface area (Å²) in [7, 11) is 0. The fourth-order valence-electron chi connectivity index (χ4n) is 2.59. The van der Waals surface area contributed by atoms with Gasteiger partial charge in [0.05, 0.1) is 15.0 Å². The van der Waals surface area contributed by atoms with Crippen LogP contribution in [0.1, 0.15) is 15.9 Å². The number of esters is 1. The van der Waals surface area contributed by atoms with Crippen LogP contribution < -0.4 is 0 Å². The Morgan fingerprint density at radius 1 is 1.09 bits per heavy atom. The number of hydrogen-bond acceptors (Lipinski definition) is 3. The molecular formula is C18H16BrFO2S. The highest BCUT2D eigenvalue weighted by atomic mass is 79.9. The molecule has 2 aromatic carbocycles. The number of alkyl halides is 2. The van der Waals surface area contributed by atoms with Crippen LogP contribution in [0.4, 0.5) is 4.39 Å². The molecule has 5 heteroatoms. The molecule has 0 saturated carbocycles. The number of hydrogen-bond donors (Lipinski definition) is 0. The van der Waals surface area contributed by atoms with Crippen molar-refractivity contribution in [2.24, 2.45) is 0 Å². The second-order valence-corrected chi connectivity index (χ2v) is 8.37. The van der Waals surface area contributed by atoms with Crippen LogP contribution in [-0.4, -0.2) is 27.7 Å². The van der Waals surface area contributed by atoms with E-state index in [1.165, 1.54) is 11.8 Å². The van der Waals surface area contributed by atoms with Crippen molar-refractivity contribution in [1.82, 2.24) is 0 Å². The molecule has 2 nitrogen and oxygen atoms in total. The molecule has 1 aliphatic heterocycles. The number of rotatable bonds is 4. The van der Waals surface area contributed by atoms with Gasteiger partial charge in [0.2, 0.25) is 0 Å². The average molecular weight is 395 g/mol. The van der Waals surface area contributed by atoms with Crippen molar-refractivity contribution in [3.63, 3.8) is 0 Å². The van der Waals surface area contributed by atoms with Gasteiger partial charge in [0.1, 0.15) is 6.10 Å². The molecule has 1 fully saturated rings. The van der Waals surface area contributed by atoms with Crippen molar-refractivity contribution in [2.75, 3.05) is 0 Å². The number of halogens is 2. The zero-order valence-corrected chi connectivity index (χ0v) is 14.7. The molecule has 3 rings (SSSR count). The van der Waals surface area contributed by atoms with E-state index in [9.17, 15) is 9.18 Å². The molecule has 0 N–H and O–H groups in total. The molecule has 0 spiro atoms. The standard InChI is InChI=1S/C18H16BrFO2S/c19-17-15(20)16(22-18(21)13-9-5-2-6-10-13)14(23-17)11-12-7-3-1-4-8-12/h1-10,14-17H,11H2/t14-,15+,16-,17?/m1/s1. The molecule has 0 amide bonds. The Morgan fingerprint density at radius 3 is 2.35 bits per heavy atom. The fraction of sp³-hybridized carbons (Fsp3) is 0.278. The minimum absolute atomic E-state index is 0.107. The number of carbonyl (C=O) groups is 1. The summed E-state index contributed by atoms with van der Waals surface area (Å²) in [6, 6.07) is 18.6. The van der Waals surface area contributed by atoms with Gasteiger partial charge in [-0.25, -0.2) is 9.18 Å². The van der Waals surface area contributed by atoms with Gasteiger partial charge < -0.3 is 4.74 Å². The molecule has 0 bridgehead atoms. The normalized spacial score (nSPS) is 26.9. The van der Waals surface area contributed by atoms with Crippen molar-refractivity contribution in [2.45, 2.75) is 28.1 Å². The van der Waals surface area contributed by atoms with Crippen LogP contribution in [0.3, 0.4) is 0 Å². The number of thioether (sulfide) groups is 1. The predicted molar refractivity (Wildman–Crippen MR) is 94.8 cm³/mol. The third-order valence-electron chi connectivity index (χ3n) is 3.77. The Bertz CT molecular complexity index is 653. The van der Waals surface area contributed by atoms with Crippen molar-refractivity contribution < 1.29 is 13.9 Å². The molecule has 0 aliphatic carbocycles. The largest absolute Gasteiger partial charge is 0.454 e. The van der Waals surface area contributed by atoms with Gasteiger partial charge >= 0.3 is 5.97 Å². The van der Waals surface area contributed by atoms with Gasteiger partial charge in [-0.15, -0.1) is 11.8 Å². The summed E-state index contributed by atoms with van der Waals surface area (Å²) >= 11 is 4.82. The SMILES string of the molecule is O=C(O[C@H]1[C@H](F)C(Br)S[C@@H]1Cc1ccccc1)c1ccccc1. The first-order valence-electron chi connectivity index (χ1n) is 7.38. The van der Waals surface area contributed by atoms with Crippen LogP contribution >= 0.6 is 27.7 Å². The highest BCUT2D eigenvalue weighted by Crippen LogP contribution is 2.43. The monoisotopic (exact) mass is 394 g/mol. The Balaban J connectivity index is 1.73. The van der Waals surface area contributed by atoms with E-state index in [1.807, 2.05) is 36.4 Å². The van der Waals surface area contributed by atoms with Crippen LogP contribution in [0.25, 0.3) is 0 Å². The molecule has 2 aromatic rings. The molecule has 23 heavy (non-hydrogen) atoms. The highest BCUT2D eigenvalue weighted by Gasteiger charge is 2.46. The van der Waals surface area contributed by atoms with Crippen LogP contribution in [0.2, 0.25) is 0 Å². The smallest absolute Gasteiger partial charge is 0.338 e. The second-order valence-electron chi connectivity index (χ2n) is 5.40. The Morgan fingerprint density at radius 2 is 1.70 bits per heavy atom. The first-order valence-corrected chi connectivity index (χ1v) is 9.24. The molecular weight excluding hydrogens is 379 g/mol. The summed E-state index contributed by atoms with van der Waals surface area (Å²) in [5.41, 5.74) is 1.56. The zero-order valence-electron chi connectivity index (χ0n) is 12.3. The third kappa shape index (κ3) is 3.96. The van der Waals surface area contributed by atoms with E-state index >= 15 is 0 Å². The van der Waals surface area contributed by atoms with E-state index in [1.54, 1.807) is 24.3 Å². The van der Waals surface area contributed by atoms with Gasteiger partial charge in [-0.2, -0.15) is 0 Å². The van der Waals surface area contributed by atoms with Gasteiger partial charge in [0.15, 0.2) is 6.17 Å². The Hall–Kier alpha value is -1.33. The summed E-state index contributed by atoms with van der Waals surface area (Å²) < 4.78 is 19.6. The van der Waals surface area contributed by atoms with Crippen LogP contribution in [-0.2, 0) is 11.2 Å². The molecule has 1 saturated heterocycles. The van der Waals surface area contributed by atoms with Crippen LogP contribution in [0.5, 0.6) is 0 Å². The van der Waals surface area contributed by atoms with Crippen LogP contribution in [0, 0.1) is 0 Å². The fourth-order valence-corrected chi connectivity index (χ4v) is 5.01. The van der Waals surface area contributed by atoms with E-state index in [4.69, 9.17) is 4.74 Å². The summed E-state index contributed by atoms with van der Waals surface area (Å²) in [5.74, 6) is -0.474. The third-order valence-corrected chi connectivity index (χ3v) is 6.22. The quantitative estimate of drug-likeness (QED) is 0.558. The predicted octanol–water partition coefficient (Wildman–Crippen LogP) is 4.63. The van der Waals surface area contributed by atoms with Crippen LogP contribution in [0.15, 0.2) is 60.7 Å². The van der Waals surface area contributed by atoms with E-state index in [0.717, 1.165) is 5.56 Å². The van der Waals surface area contributed by atoms with E-state index in [0.29, 0.717) is 12.0 Å². The summed E-state index contributed by atoms with van der Waals surface area (Å²) in [6.45, 7) is 0. The van der Waals surface area contributed by atoms with Gasteiger partial charge in [-0.3, -0.25) is 0 Å². The summed E-state index contributed by atoms with van der Waals surface area (Å²) in [5, 5.41) is -0.107. The maximum Gasteiger partial charge on any atom is 0.338 e. The topological polar surface area (TPSA) is 26.3 Å². The average Bonchev–Trinajstić information content (AvgIpc) is 2.84. The van der Waals surface area contributed by atoms with E-state index in [2.05, 4.69) is 15.9 Å². The molecule has 4 atom stereocenters. The molecule has 1 unspecified atom stereocenters.